The van der Waals surface area contributed by atoms with E-state index >= 15 is 0 Å². The third-order valence-corrected chi connectivity index (χ3v) is 2.48. The van der Waals surface area contributed by atoms with Gasteiger partial charge in [-0.2, -0.15) is 0 Å². The Morgan fingerprint density at radius 2 is 2.29 bits per heavy atom. The molecule has 4 nitrogen and oxygen atoms in total. The maximum atomic E-state index is 11.1. The van der Waals surface area contributed by atoms with E-state index in [1.165, 1.54) is 0 Å². The number of carbonyl (C=O) groups excluding carboxylic acids is 1. The zero-order chi connectivity index (χ0) is 10.6. The van der Waals surface area contributed by atoms with Crippen LogP contribution in [-0.2, 0) is 9.53 Å². The highest BCUT2D eigenvalue weighted by Gasteiger charge is 1.99. The summed E-state index contributed by atoms with van der Waals surface area (Å²) in [5.74, 6) is 1.61. The molecule has 0 aromatic heterocycles. The van der Waals surface area contributed by atoms with Crippen molar-refractivity contribution in [2.75, 3.05) is 32.0 Å². The second-order valence-electron chi connectivity index (χ2n) is 2.85. The summed E-state index contributed by atoms with van der Waals surface area (Å²) in [6, 6.07) is 0. The lowest BCUT2D eigenvalue weighted by Gasteiger charge is -2.04. The van der Waals surface area contributed by atoms with E-state index in [0.717, 1.165) is 12.2 Å². The summed E-state index contributed by atoms with van der Waals surface area (Å²) in [4.78, 5) is 11.1. The predicted octanol–water partition coefficient (Wildman–Crippen LogP) is 0.602. The van der Waals surface area contributed by atoms with Gasteiger partial charge in [-0.3, -0.25) is 4.79 Å². The predicted molar refractivity (Wildman–Crippen MR) is 58.3 cm³/mol. The lowest BCUT2D eigenvalue weighted by molar-refractivity contribution is -0.121. The number of carbonyl (C=O) groups is 1. The zero-order valence-electron chi connectivity index (χ0n) is 8.62. The molecule has 0 aromatic carbocycles. The Balaban J connectivity index is 3.10. The molecule has 2 N–H and O–H groups in total. The highest BCUT2D eigenvalue weighted by Crippen LogP contribution is 1.97. The zero-order valence-corrected chi connectivity index (χ0v) is 9.44. The lowest BCUT2D eigenvalue weighted by Crippen LogP contribution is -2.25. The van der Waals surface area contributed by atoms with Crippen molar-refractivity contribution in [2.45, 2.75) is 19.3 Å². The Hall–Kier alpha value is -0.260. The fourth-order valence-corrected chi connectivity index (χ4v) is 1.42. The minimum atomic E-state index is 0.0662. The van der Waals surface area contributed by atoms with Crippen LogP contribution >= 0.6 is 11.8 Å². The Bertz CT molecular complexity index is 144. The van der Waals surface area contributed by atoms with Crippen molar-refractivity contribution in [3.05, 3.63) is 0 Å². The topological polar surface area (TPSA) is 58.6 Å². The van der Waals surface area contributed by atoms with Gasteiger partial charge >= 0.3 is 0 Å². The summed E-state index contributed by atoms with van der Waals surface area (Å²) in [6.45, 7) is 0.850. The third kappa shape index (κ3) is 9.83. The first kappa shape index (κ1) is 13.7. The van der Waals surface area contributed by atoms with Gasteiger partial charge in [0.1, 0.15) is 0 Å². The first-order valence-electron chi connectivity index (χ1n) is 4.75. The molecule has 0 rings (SSSR count). The number of aliphatic hydroxyl groups is 1. The van der Waals surface area contributed by atoms with E-state index in [1.807, 2.05) is 0 Å². The molecule has 5 heteroatoms. The molecule has 0 unspecified atom stereocenters. The number of unbranched alkanes of at least 4 members (excludes halogenated alkanes) is 1. The summed E-state index contributed by atoms with van der Waals surface area (Å²) in [5, 5.41) is 11.3. The second-order valence-corrected chi connectivity index (χ2v) is 3.90. The van der Waals surface area contributed by atoms with Gasteiger partial charge < -0.3 is 15.2 Å². The van der Waals surface area contributed by atoms with Crippen molar-refractivity contribution in [2.24, 2.45) is 0 Å². The van der Waals surface area contributed by atoms with E-state index in [9.17, 15) is 4.79 Å². The van der Waals surface area contributed by atoms with Gasteiger partial charge in [0.15, 0.2) is 0 Å². The molecule has 1 amide bonds. The molecule has 0 spiro atoms. The van der Waals surface area contributed by atoms with Crippen molar-refractivity contribution in [1.29, 1.82) is 0 Å². The average Bonchev–Trinajstić information content (AvgIpc) is 2.18. The summed E-state index contributed by atoms with van der Waals surface area (Å²) < 4.78 is 4.85. The number of amides is 1. The summed E-state index contributed by atoms with van der Waals surface area (Å²) >= 11 is 1.65. The van der Waals surface area contributed by atoms with Crippen LogP contribution in [0.1, 0.15) is 19.3 Å². The monoisotopic (exact) mass is 221 g/mol. The van der Waals surface area contributed by atoms with Crippen LogP contribution in [0.3, 0.4) is 0 Å². The number of methoxy groups -OCH3 is 1. The van der Waals surface area contributed by atoms with Crippen LogP contribution in [0.15, 0.2) is 0 Å². The quantitative estimate of drug-likeness (QED) is 0.442. The number of hydrogen-bond donors (Lipinski definition) is 2. The average molecular weight is 221 g/mol. The number of thioether (sulfide) groups is 1. The van der Waals surface area contributed by atoms with Gasteiger partial charge in [-0.05, 0) is 12.8 Å². The first-order chi connectivity index (χ1) is 6.81. The van der Waals surface area contributed by atoms with Gasteiger partial charge in [0, 0.05) is 32.4 Å². The maximum Gasteiger partial charge on any atom is 0.220 e. The molecular weight excluding hydrogens is 202 g/mol. The van der Waals surface area contributed by atoms with Gasteiger partial charge in [-0.1, -0.05) is 0 Å². The number of aliphatic hydroxyl groups excluding tert-OH is 1. The highest BCUT2D eigenvalue weighted by molar-refractivity contribution is 7.99. The van der Waals surface area contributed by atoms with Gasteiger partial charge in [0.05, 0.1) is 5.94 Å². The molecular formula is C9H19NO3S. The second kappa shape index (κ2) is 10.8. The van der Waals surface area contributed by atoms with Crippen LogP contribution in [0.5, 0.6) is 0 Å². The number of nitrogens with one attached hydrogen (secondary N) is 1. The number of ether oxygens (including phenoxy) is 1. The smallest absolute Gasteiger partial charge is 0.220 e. The molecule has 0 heterocycles. The van der Waals surface area contributed by atoms with E-state index in [0.29, 0.717) is 25.3 Å². The Morgan fingerprint density at radius 1 is 1.50 bits per heavy atom. The summed E-state index contributed by atoms with van der Waals surface area (Å²) in [7, 11) is 1.65. The molecule has 0 atom stereocenters. The molecule has 0 aliphatic rings. The molecule has 84 valence electrons. The molecule has 0 aromatic rings. The largest absolute Gasteiger partial charge is 0.396 e. The highest BCUT2D eigenvalue weighted by atomic mass is 32.2. The van der Waals surface area contributed by atoms with E-state index in [2.05, 4.69) is 5.32 Å². The molecule has 0 aliphatic carbocycles. The van der Waals surface area contributed by atoms with E-state index in [1.54, 1.807) is 18.9 Å². The van der Waals surface area contributed by atoms with E-state index in [-0.39, 0.29) is 12.5 Å². The SMILES string of the molecule is COCSCCNC(=O)CCCCO. The van der Waals surface area contributed by atoms with Crippen molar-refractivity contribution in [1.82, 2.24) is 5.32 Å². The van der Waals surface area contributed by atoms with Crippen LogP contribution in [0, 0.1) is 0 Å². The normalized spacial score (nSPS) is 10.1. The number of hydrogen-bond acceptors (Lipinski definition) is 4. The summed E-state index contributed by atoms with van der Waals surface area (Å²) in [5.41, 5.74) is 0. The van der Waals surface area contributed by atoms with E-state index < -0.39 is 0 Å². The van der Waals surface area contributed by atoms with Crippen LogP contribution < -0.4 is 5.32 Å². The fraction of sp³-hybridized carbons (Fsp3) is 0.889. The van der Waals surface area contributed by atoms with Crippen molar-refractivity contribution in [3.8, 4) is 0 Å². The molecule has 0 bridgehead atoms. The van der Waals surface area contributed by atoms with Gasteiger partial charge in [0.25, 0.3) is 0 Å². The van der Waals surface area contributed by atoms with Crippen LogP contribution in [0.2, 0.25) is 0 Å². The van der Waals surface area contributed by atoms with Crippen LogP contribution in [0.4, 0.5) is 0 Å². The Kier molecular flexibility index (Phi) is 10.6. The minimum absolute atomic E-state index is 0.0662. The maximum absolute atomic E-state index is 11.1. The van der Waals surface area contributed by atoms with Gasteiger partial charge in [-0.25, -0.2) is 0 Å². The third-order valence-electron chi connectivity index (χ3n) is 1.58. The molecule has 14 heavy (non-hydrogen) atoms. The van der Waals surface area contributed by atoms with Gasteiger partial charge in [-0.15, -0.1) is 11.8 Å². The Labute approximate surface area is 89.4 Å². The standard InChI is InChI=1S/C9H19NO3S/c1-13-8-14-7-5-10-9(12)4-2-3-6-11/h11H,2-8H2,1H3,(H,10,12). The minimum Gasteiger partial charge on any atom is -0.396 e. The van der Waals surface area contributed by atoms with Gasteiger partial charge in [0.2, 0.25) is 5.91 Å². The van der Waals surface area contributed by atoms with Crippen molar-refractivity contribution in [3.63, 3.8) is 0 Å². The fourth-order valence-electron chi connectivity index (χ4n) is 0.891. The van der Waals surface area contributed by atoms with Crippen LogP contribution in [0.25, 0.3) is 0 Å². The van der Waals surface area contributed by atoms with E-state index in [4.69, 9.17) is 9.84 Å². The van der Waals surface area contributed by atoms with Crippen LogP contribution in [-0.4, -0.2) is 43.0 Å². The Morgan fingerprint density at radius 3 is 2.93 bits per heavy atom. The molecule has 0 saturated heterocycles. The molecule has 0 aliphatic heterocycles. The molecule has 0 radical (unpaired) electrons. The molecule has 0 fully saturated rings. The van der Waals surface area contributed by atoms with Crippen molar-refractivity contribution < 1.29 is 14.6 Å². The van der Waals surface area contributed by atoms with Crippen molar-refractivity contribution >= 4 is 17.7 Å². The molecule has 0 saturated carbocycles. The first-order valence-corrected chi connectivity index (χ1v) is 5.91. The number of rotatable bonds is 9. The lowest BCUT2D eigenvalue weighted by atomic mass is 10.2. The summed E-state index contributed by atoms with van der Waals surface area (Å²) in [6.07, 6.45) is 1.97.